The Kier molecular flexibility index (Phi) is 8.08. The van der Waals surface area contributed by atoms with E-state index in [1.54, 1.807) is 25.1 Å². The van der Waals surface area contributed by atoms with Gasteiger partial charge in [-0.15, -0.1) is 12.4 Å². The third-order valence-electron chi connectivity index (χ3n) is 3.90. The molecule has 1 unspecified atom stereocenters. The van der Waals surface area contributed by atoms with Gasteiger partial charge in [0.1, 0.15) is 5.75 Å². The molecule has 0 aromatic heterocycles. The zero-order valence-corrected chi connectivity index (χ0v) is 17.0. The lowest BCUT2D eigenvalue weighted by Gasteiger charge is -2.13. The fraction of sp³-hybridized carbons (Fsp3) is 0.278. The number of methoxy groups -OCH3 is 1. The monoisotopic (exact) mass is 413 g/mol. The summed E-state index contributed by atoms with van der Waals surface area (Å²) in [7, 11) is -2.09. The SMILES string of the molecule is CCC(C)NS(=O)(=O)c1ccc(C(=O)Nc2cc(OC)ccc2N)cc1.Cl. The lowest BCUT2D eigenvalue weighted by atomic mass is 10.2. The molecule has 0 saturated carbocycles. The van der Waals surface area contributed by atoms with E-state index in [1.165, 1.54) is 31.4 Å². The summed E-state index contributed by atoms with van der Waals surface area (Å²) in [5, 5.41) is 2.69. The molecule has 2 aromatic carbocycles. The van der Waals surface area contributed by atoms with Crippen LogP contribution < -0.4 is 20.5 Å². The highest BCUT2D eigenvalue weighted by molar-refractivity contribution is 7.89. The number of hydrogen-bond donors (Lipinski definition) is 3. The minimum Gasteiger partial charge on any atom is -0.497 e. The molecule has 9 heteroatoms. The van der Waals surface area contributed by atoms with Gasteiger partial charge in [0.25, 0.3) is 5.91 Å². The minimum atomic E-state index is -3.61. The van der Waals surface area contributed by atoms with E-state index in [-0.39, 0.29) is 23.3 Å². The topological polar surface area (TPSA) is 111 Å². The van der Waals surface area contributed by atoms with Crippen LogP contribution in [0.1, 0.15) is 30.6 Å². The largest absolute Gasteiger partial charge is 0.497 e. The summed E-state index contributed by atoms with van der Waals surface area (Å²) in [5.41, 5.74) is 6.99. The van der Waals surface area contributed by atoms with E-state index in [1.807, 2.05) is 6.92 Å². The zero-order valence-electron chi connectivity index (χ0n) is 15.4. The van der Waals surface area contributed by atoms with Crippen LogP contribution in [-0.4, -0.2) is 27.5 Å². The van der Waals surface area contributed by atoms with Crippen LogP contribution in [0.4, 0.5) is 11.4 Å². The lowest BCUT2D eigenvalue weighted by molar-refractivity contribution is 0.102. The molecule has 27 heavy (non-hydrogen) atoms. The smallest absolute Gasteiger partial charge is 0.255 e. The molecule has 0 radical (unpaired) electrons. The molecular formula is C18H24ClN3O4S. The van der Waals surface area contributed by atoms with Crippen molar-refractivity contribution >= 4 is 39.7 Å². The first kappa shape index (κ1) is 22.8. The quantitative estimate of drug-likeness (QED) is 0.604. The van der Waals surface area contributed by atoms with E-state index >= 15 is 0 Å². The Morgan fingerprint density at radius 1 is 1.19 bits per heavy atom. The summed E-state index contributed by atoms with van der Waals surface area (Å²) in [5.74, 6) is 0.163. The predicted molar refractivity (Wildman–Crippen MR) is 109 cm³/mol. The first-order valence-electron chi connectivity index (χ1n) is 8.14. The van der Waals surface area contributed by atoms with Gasteiger partial charge in [0.05, 0.1) is 23.4 Å². The third kappa shape index (κ3) is 5.85. The van der Waals surface area contributed by atoms with Crippen LogP contribution in [0.2, 0.25) is 0 Å². The van der Waals surface area contributed by atoms with Crippen molar-refractivity contribution < 1.29 is 17.9 Å². The second-order valence-electron chi connectivity index (χ2n) is 5.86. The fourth-order valence-electron chi connectivity index (χ4n) is 2.17. The molecule has 148 valence electrons. The molecule has 1 amide bonds. The van der Waals surface area contributed by atoms with Gasteiger partial charge in [-0.25, -0.2) is 13.1 Å². The van der Waals surface area contributed by atoms with Gasteiger partial charge in [-0.1, -0.05) is 6.92 Å². The number of anilines is 2. The van der Waals surface area contributed by atoms with E-state index in [0.29, 0.717) is 29.1 Å². The fourth-order valence-corrected chi connectivity index (χ4v) is 3.49. The number of nitrogens with one attached hydrogen (secondary N) is 2. The van der Waals surface area contributed by atoms with Crippen molar-refractivity contribution in [3.63, 3.8) is 0 Å². The second kappa shape index (κ2) is 9.59. The molecule has 4 N–H and O–H groups in total. The van der Waals surface area contributed by atoms with E-state index in [4.69, 9.17) is 10.5 Å². The Hall–Kier alpha value is -2.29. The standard InChI is InChI=1S/C18H23N3O4S.ClH/c1-4-12(2)21-26(23,24)15-8-5-13(6-9-15)18(22)20-17-11-14(25-3)7-10-16(17)19;/h5-12,21H,4,19H2,1-3H3,(H,20,22);1H. The number of halogens is 1. The molecular weight excluding hydrogens is 390 g/mol. The summed E-state index contributed by atoms with van der Waals surface area (Å²) in [6.07, 6.45) is 0.682. The summed E-state index contributed by atoms with van der Waals surface area (Å²) in [6, 6.07) is 10.5. The number of carbonyl (C=O) groups is 1. The highest BCUT2D eigenvalue weighted by Gasteiger charge is 2.17. The molecule has 7 nitrogen and oxygen atoms in total. The molecule has 2 aromatic rings. The lowest BCUT2D eigenvalue weighted by Crippen LogP contribution is -2.32. The highest BCUT2D eigenvalue weighted by Crippen LogP contribution is 2.25. The van der Waals surface area contributed by atoms with Crippen molar-refractivity contribution in [3.8, 4) is 5.75 Å². The maximum atomic E-state index is 12.4. The van der Waals surface area contributed by atoms with E-state index in [2.05, 4.69) is 10.0 Å². The van der Waals surface area contributed by atoms with Crippen LogP contribution >= 0.6 is 12.4 Å². The molecule has 0 aliphatic rings. The van der Waals surface area contributed by atoms with E-state index < -0.39 is 15.9 Å². The Morgan fingerprint density at radius 2 is 1.81 bits per heavy atom. The average molecular weight is 414 g/mol. The predicted octanol–water partition coefficient (Wildman–Crippen LogP) is 3.03. The number of amides is 1. The van der Waals surface area contributed by atoms with Crippen LogP contribution in [-0.2, 0) is 10.0 Å². The number of nitrogens with two attached hydrogens (primary N) is 1. The minimum absolute atomic E-state index is 0. The molecule has 0 spiro atoms. The Morgan fingerprint density at radius 3 is 2.37 bits per heavy atom. The van der Waals surface area contributed by atoms with Gasteiger partial charge in [0, 0.05) is 17.7 Å². The van der Waals surface area contributed by atoms with Gasteiger partial charge >= 0.3 is 0 Å². The number of ether oxygens (including phenoxy) is 1. The van der Waals surface area contributed by atoms with Gasteiger partial charge in [-0.05, 0) is 49.7 Å². The van der Waals surface area contributed by atoms with Crippen LogP contribution in [0.3, 0.4) is 0 Å². The normalized spacial score (nSPS) is 12.0. The van der Waals surface area contributed by atoms with Crippen LogP contribution in [0.25, 0.3) is 0 Å². The summed E-state index contributed by atoms with van der Waals surface area (Å²) in [4.78, 5) is 12.5. The molecule has 0 aliphatic carbocycles. The Bertz CT molecular complexity index is 886. The third-order valence-corrected chi connectivity index (χ3v) is 5.51. The first-order valence-corrected chi connectivity index (χ1v) is 9.62. The van der Waals surface area contributed by atoms with E-state index in [0.717, 1.165) is 0 Å². The molecule has 0 saturated heterocycles. The van der Waals surface area contributed by atoms with Gasteiger partial charge in [-0.2, -0.15) is 0 Å². The molecule has 0 bridgehead atoms. The molecule has 0 aliphatic heterocycles. The van der Waals surface area contributed by atoms with Gasteiger partial charge in [0.15, 0.2) is 0 Å². The molecule has 1 atom stereocenters. The number of benzene rings is 2. The average Bonchev–Trinajstić information content (AvgIpc) is 2.63. The van der Waals surface area contributed by atoms with Crippen molar-refractivity contribution in [2.45, 2.75) is 31.2 Å². The van der Waals surface area contributed by atoms with Gasteiger partial charge < -0.3 is 15.8 Å². The van der Waals surface area contributed by atoms with Crippen molar-refractivity contribution in [2.75, 3.05) is 18.2 Å². The first-order chi connectivity index (χ1) is 12.3. The van der Waals surface area contributed by atoms with Crippen molar-refractivity contribution in [2.24, 2.45) is 0 Å². The number of hydrogen-bond acceptors (Lipinski definition) is 5. The van der Waals surface area contributed by atoms with Crippen molar-refractivity contribution in [1.29, 1.82) is 0 Å². The Labute approximate surface area is 165 Å². The van der Waals surface area contributed by atoms with Gasteiger partial charge in [-0.3, -0.25) is 4.79 Å². The molecule has 0 fully saturated rings. The van der Waals surface area contributed by atoms with Crippen molar-refractivity contribution in [1.82, 2.24) is 4.72 Å². The molecule has 2 rings (SSSR count). The van der Waals surface area contributed by atoms with Crippen molar-refractivity contribution in [3.05, 3.63) is 48.0 Å². The summed E-state index contributed by atoms with van der Waals surface area (Å²) >= 11 is 0. The summed E-state index contributed by atoms with van der Waals surface area (Å²) < 4.78 is 32.2. The maximum absolute atomic E-state index is 12.4. The number of rotatable bonds is 7. The molecule has 0 heterocycles. The van der Waals surface area contributed by atoms with Crippen LogP contribution in [0.15, 0.2) is 47.4 Å². The zero-order chi connectivity index (χ0) is 19.3. The van der Waals surface area contributed by atoms with E-state index in [9.17, 15) is 13.2 Å². The van der Waals surface area contributed by atoms with Gasteiger partial charge in [0.2, 0.25) is 10.0 Å². The number of sulfonamides is 1. The highest BCUT2D eigenvalue weighted by atomic mass is 35.5. The van der Waals surface area contributed by atoms with Crippen LogP contribution in [0.5, 0.6) is 5.75 Å². The number of nitrogen functional groups attached to an aromatic ring is 1. The maximum Gasteiger partial charge on any atom is 0.255 e. The van der Waals surface area contributed by atoms with Crippen LogP contribution in [0, 0.1) is 0 Å². The number of carbonyl (C=O) groups excluding carboxylic acids is 1. The summed E-state index contributed by atoms with van der Waals surface area (Å²) in [6.45, 7) is 3.68. The second-order valence-corrected chi connectivity index (χ2v) is 7.58. The Balaban J connectivity index is 0.00000364.